The maximum Gasteiger partial charge on any atom is 0.338 e. The Bertz CT molecular complexity index is 785. The monoisotopic (exact) mass is 338 g/mol. The van der Waals surface area contributed by atoms with Gasteiger partial charge in [-0.15, -0.1) is 0 Å². The molecule has 2 unspecified atom stereocenters. The maximum absolute atomic E-state index is 12.8. The van der Waals surface area contributed by atoms with Crippen molar-refractivity contribution in [1.29, 1.82) is 0 Å². The lowest BCUT2D eigenvalue weighted by Gasteiger charge is -2.37. The summed E-state index contributed by atoms with van der Waals surface area (Å²) in [4.78, 5) is 25.1. The molecular formula is C22H26O3. The number of benzene rings is 2. The van der Waals surface area contributed by atoms with E-state index < -0.39 is 0 Å². The van der Waals surface area contributed by atoms with Crippen molar-refractivity contribution in [3.63, 3.8) is 0 Å². The highest BCUT2D eigenvalue weighted by molar-refractivity contribution is 5.95. The van der Waals surface area contributed by atoms with Crippen molar-refractivity contribution < 1.29 is 14.3 Å². The van der Waals surface area contributed by atoms with E-state index in [0.29, 0.717) is 12.0 Å². The second kappa shape index (κ2) is 6.99. The number of hydrogen-bond donors (Lipinski definition) is 0. The SMILES string of the molecule is CC(C)(C)C(OC(=O)c1ccc2ccccc2c1)C1CCCCC1=O. The van der Waals surface area contributed by atoms with E-state index in [2.05, 4.69) is 0 Å². The quantitative estimate of drug-likeness (QED) is 0.725. The number of hydrogen-bond acceptors (Lipinski definition) is 3. The number of carbonyl (C=O) groups excluding carboxylic acids is 2. The van der Waals surface area contributed by atoms with Crippen LogP contribution in [0.5, 0.6) is 0 Å². The Hall–Kier alpha value is -2.16. The largest absolute Gasteiger partial charge is 0.457 e. The van der Waals surface area contributed by atoms with E-state index in [4.69, 9.17) is 4.74 Å². The molecule has 0 aliphatic heterocycles. The van der Waals surface area contributed by atoms with Gasteiger partial charge in [-0.2, -0.15) is 0 Å². The lowest BCUT2D eigenvalue weighted by atomic mass is 9.74. The third kappa shape index (κ3) is 3.92. The molecule has 2 atom stereocenters. The molecule has 0 bridgehead atoms. The summed E-state index contributed by atoms with van der Waals surface area (Å²) in [5, 5.41) is 2.10. The summed E-state index contributed by atoms with van der Waals surface area (Å²) in [6.45, 7) is 6.10. The van der Waals surface area contributed by atoms with Crippen LogP contribution in [0.3, 0.4) is 0 Å². The molecule has 1 aliphatic rings. The number of rotatable bonds is 3. The van der Waals surface area contributed by atoms with Crippen molar-refractivity contribution in [3.8, 4) is 0 Å². The summed E-state index contributed by atoms with van der Waals surface area (Å²) < 4.78 is 5.90. The van der Waals surface area contributed by atoms with Gasteiger partial charge >= 0.3 is 5.97 Å². The summed E-state index contributed by atoms with van der Waals surface area (Å²) in [5.41, 5.74) is 0.265. The fourth-order valence-corrected chi connectivity index (χ4v) is 3.69. The van der Waals surface area contributed by atoms with E-state index in [0.717, 1.165) is 30.0 Å². The second-order valence-corrected chi connectivity index (χ2v) is 8.07. The molecule has 1 fully saturated rings. The molecule has 2 aromatic carbocycles. The summed E-state index contributed by atoms with van der Waals surface area (Å²) in [6, 6.07) is 13.5. The lowest BCUT2D eigenvalue weighted by Crippen LogP contribution is -2.43. The van der Waals surface area contributed by atoms with Crippen molar-refractivity contribution in [3.05, 3.63) is 48.0 Å². The molecular weight excluding hydrogens is 312 g/mol. The molecule has 3 rings (SSSR count). The molecule has 132 valence electrons. The van der Waals surface area contributed by atoms with Gasteiger partial charge in [0.25, 0.3) is 0 Å². The fraction of sp³-hybridized carbons (Fsp3) is 0.455. The Labute approximate surface area is 149 Å². The first-order chi connectivity index (χ1) is 11.9. The summed E-state index contributed by atoms with van der Waals surface area (Å²) >= 11 is 0. The Kier molecular flexibility index (Phi) is 4.94. The second-order valence-electron chi connectivity index (χ2n) is 8.07. The molecule has 3 heteroatoms. The van der Waals surface area contributed by atoms with E-state index in [9.17, 15) is 9.59 Å². The van der Waals surface area contributed by atoms with Crippen molar-refractivity contribution in [1.82, 2.24) is 0 Å². The first-order valence-electron chi connectivity index (χ1n) is 9.09. The maximum atomic E-state index is 12.8. The third-order valence-corrected chi connectivity index (χ3v) is 5.04. The van der Waals surface area contributed by atoms with Gasteiger partial charge in [0, 0.05) is 6.42 Å². The van der Waals surface area contributed by atoms with Gasteiger partial charge in [0.2, 0.25) is 0 Å². The first-order valence-corrected chi connectivity index (χ1v) is 9.09. The summed E-state index contributed by atoms with van der Waals surface area (Å²) in [5.74, 6) is -0.292. The molecule has 2 aromatic rings. The van der Waals surface area contributed by atoms with Crippen molar-refractivity contribution in [2.24, 2.45) is 11.3 Å². The molecule has 0 spiro atoms. The Morgan fingerprint density at radius 3 is 2.48 bits per heavy atom. The number of carbonyl (C=O) groups is 2. The molecule has 0 amide bonds. The summed E-state index contributed by atoms with van der Waals surface area (Å²) in [7, 11) is 0. The van der Waals surface area contributed by atoms with Crippen LogP contribution in [0.15, 0.2) is 42.5 Å². The molecule has 3 nitrogen and oxygen atoms in total. The zero-order valence-electron chi connectivity index (χ0n) is 15.2. The molecule has 0 aromatic heterocycles. The van der Waals surface area contributed by atoms with E-state index in [-0.39, 0.29) is 29.2 Å². The van der Waals surface area contributed by atoms with Crippen LogP contribution in [0, 0.1) is 11.3 Å². The predicted molar refractivity (Wildman–Crippen MR) is 99.6 cm³/mol. The van der Waals surface area contributed by atoms with Gasteiger partial charge in [-0.25, -0.2) is 4.79 Å². The zero-order valence-corrected chi connectivity index (χ0v) is 15.2. The van der Waals surface area contributed by atoms with Gasteiger partial charge in [0.05, 0.1) is 11.5 Å². The van der Waals surface area contributed by atoms with Crippen LogP contribution < -0.4 is 0 Å². The average molecular weight is 338 g/mol. The third-order valence-electron chi connectivity index (χ3n) is 5.04. The van der Waals surface area contributed by atoms with E-state index in [1.807, 2.05) is 57.2 Å². The van der Waals surface area contributed by atoms with Gasteiger partial charge in [0.15, 0.2) is 0 Å². The molecule has 0 radical (unpaired) electrons. The number of fused-ring (bicyclic) bond motifs is 1. The highest BCUT2D eigenvalue weighted by Crippen LogP contribution is 2.35. The molecule has 1 saturated carbocycles. The number of ketones is 1. The molecule has 1 aliphatic carbocycles. The van der Waals surface area contributed by atoms with Crippen LogP contribution >= 0.6 is 0 Å². The standard InChI is InChI=1S/C22H26O3/c1-22(2,3)20(18-10-6-7-11-19(18)23)25-21(24)17-13-12-15-8-4-5-9-16(15)14-17/h4-5,8-9,12-14,18,20H,6-7,10-11H2,1-3H3. The topological polar surface area (TPSA) is 43.4 Å². The van der Waals surface area contributed by atoms with E-state index in [1.165, 1.54) is 0 Å². The van der Waals surface area contributed by atoms with Gasteiger partial charge in [-0.05, 0) is 41.2 Å². The van der Waals surface area contributed by atoms with Crippen molar-refractivity contribution >= 4 is 22.5 Å². The minimum Gasteiger partial charge on any atom is -0.457 e. The van der Waals surface area contributed by atoms with Crippen LogP contribution in [-0.2, 0) is 9.53 Å². The average Bonchev–Trinajstić information content (AvgIpc) is 2.59. The molecule has 0 saturated heterocycles. The normalized spacial score (nSPS) is 19.6. The van der Waals surface area contributed by atoms with Crippen LogP contribution in [0.4, 0.5) is 0 Å². The smallest absolute Gasteiger partial charge is 0.338 e. The van der Waals surface area contributed by atoms with Crippen molar-refractivity contribution in [2.75, 3.05) is 0 Å². The lowest BCUT2D eigenvalue weighted by molar-refractivity contribution is -0.132. The fourth-order valence-electron chi connectivity index (χ4n) is 3.69. The van der Waals surface area contributed by atoms with Crippen LogP contribution in [0.2, 0.25) is 0 Å². The van der Waals surface area contributed by atoms with Crippen LogP contribution in [-0.4, -0.2) is 17.9 Å². The highest BCUT2D eigenvalue weighted by atomic mass is 16.5. The number of ether oxygens (including phenoxy) is 1. The molecule has 0 heterocycles. The van der Waals surface area contributed by atoms with E-state index in [1.54, 1.807) is 6.07 Å². The first kappa shape index (κ1) is 17.7. The number of Topliss-reactive ketones (excluding diaryl/α,β-unsaturated/α-hetero) is 1. The van der Waals surface area contributed by atoms with Gasteiger partial charge in [0.1, 0.15) is 11.9 Å². The molecule has 25 heavy (non-hydrogen) atoms. The van der Waals surface area contributed by atoms with Crippen LogP contribution in [0.25, 0.3) is 10.8 Å². The number of esters is 1. The summed E-state index contributed by atoms with van der Waals surface area (Å²) in [6.07, 6.45) is 3.00. The molecule has 0 N–H and O–H groups in total. The minimum atomic E-state index is -0.390. The highest BCUT2D eigenvalue weighted by Gasteiger charge is 2.40. The van der Waals surface area contributed by atoms with Gasteiger partial charge < -0.3 is 4.74 Å². The minimum absolute atomic E-state index is 0.182. The van der Waals surface area contributed by atoms with Gasteiger partial charge in [-0.1, -0.05) is 57.5 Å². The van der Waals surface area contributed by atoms with E-state index >= 15 is 0 Å². The Morgan fingerprint density at radius 1 is 1.08 bits per heavy atom. The zero-order chi connectivity index (χ0) is 18.0. The van der Waals surface area contributed by atoms with Crippen LogP contribution in [0.1, 0.15) is 56.8 Å². The van der Waals surface area contributed by atoms with Crippen molar-refractivity contribution in [2.45, 2.75) is 52.6 Å². The Balaban J connectivity index is 1.85. The Morgan fingerprint density at radius 2 is 1.80 bits per heavy atom. The predicted octanol–water partition coefficient (Wildman–Crippen LogP) is 5.17. The van der Waals surface area contributed by atoms with Gasteiger partial charge in [-0.3, -0.25) is 4.79 Å².